The average molecular weight is 426 g/mol. The van der Waals surface area contributed by atoms with E-state index in [0.717, 1.165) is 12.5 Å². The highest BCUT2D eigenvalue weighted by molar-refractivity contribution is 7.90. The smallest absolute Gasteiger partial charge is 0.280 e. The lowest BCUT2D eigenvalue weighted by Crippen LogP contribution is -2.33. The first-order valence-electron chi connectivity index (χ1n) is 9.38. The van der Waals surface area contributed by atoms with Gasteiger partial charge in [0.15, 0.2) is 0 Å². The molecule has 0 aliphatic carbocycles. The van der Waals surface area contributed by atoms with Gasteiger partial charge in [-0.05, 0) is 37.3 Å². The van der Waals surface area contributed by atoms with E-state index in [-0.39, 0.29) is 17.4 Å². The number of fused-ring (bicyclic) bond motifs is 1. The van der Waals surface area contributed by atoms with Crippen molar-refractivity contribution >= 4 is 21.5 Å². The Morgan fingerprint density at radius 3 is 2.86 bits per heavy atom. The largest absolute Gasteiger partial charge is 0.345 e. The third kappa shape index (κ3) is 4.64. The van der Waals surface area contributed by atoms with Crippen LogP contribution in [0.4, 0.5) is 14.5 Å². The second-order valence-corrected chi connectivity index (χ2v) is 9.48. The molecule has 2 aromatic heterocycles. The zero-order valence-electron chi connectivity index (χ0n) is 16.5. The van der Waals surface area contributed by atoms with Crippen molar-refractivity contribution in [2.24, 2.45) is 13.0 Å². The van der Waals surface area contributed by atoms with Crippen LogP contribution in [0.2, 0.25) is 0 Å². The monoisotopic (exact) mass is 425 g/mol. The van der Waals surface area contributed by atoms with E-state index in [1.54, 1.807) is 13.2 Å². The molecule has 1 amide bonds. The number of amides is 1. The maximum Gasteiger partial charge on any atom is 0.280 e. The van der Waals surface area contributed by atoms with Crippen LogP contribution >= 0.6 is 0 Å². The van der Waals surface area contributed by atoms with Crippen LogP contribution in [0.15, 0.2) is 29.4 Å². The minimum absolute atomic E-state index is 0.0811. The number of nitrogens with one attached hydrogen (secondary N) is 3. The number of pyridine rings is 1. The predicted octanol–water partition coefficient (Wildman–Crippen LogP) is 3.88. The molecular weight excluding hydrogens is 400 g/mol. The van der Waals surface area contributed by atoms with Crippen molar-refractivity contribution in [3.8, 4) is 0 Å². The molecule has 3 rings (SSSR count). The second-order valence-electron chi connectivity index (χ2n) is 7.69. The van der Waals surface area contributed by atoms with E-state index in [2.05, 4.69) is 28.9 Å². The minimum atomic E-state index is -3.26. The summed E-state index contributed by atoms with van der Waals surface area (Å²) in [5.41, 5.74) is 0.615. The molecule has 7 nitrogen and oxygen atoms in total. The zero-order chi connectivity index (χ0) is 21.3. The topological polar surface area (TPSA) is 99.9 Å². The first-order valence-corrected chi connectivity index (χ1v) is 10.9. The summed E-state index contributed by atoms with van der Waals surface area (Å²) in [6, 6.07) is 2.47. The van der Waals surface area contributed by atoms with E-state index in [9.17, 15) is 17.8 Å². The fourth-order valence-electron chi connectivity index (χ4n) is 3.68. The summed E-state index contributed by atoms with van der Waals surface area (Å²) in [5, 5.41) is 2.61. The van der Waals surface area contributed by atoms with E-state index in [4.69, 9.17) is 4.78 Å². The molecule has 0 spiro atoms. The maximum atomic E-state index is 13.0. The summed E-state index contributed by atoms with van der Waals surface area (Å²) < 4.78 is 51.6. The number of rotatable bonds is 5. The van der Waals surface area contributed by atoms with Crippen LogP contribution in [-0.4, -0.2) is 25.7 Å². The molecule has 0 fully saturated rings. The summed E-state index contributed by atoms with van der Waals surface area (Å²) in [4.78, 5) is 16.8. The number of carbonyl (C=O) groups excluding carboxylic acids is 1. The van der Waals surface area contributed by atoms with Crippen LogP contribution in [-0.2, 0) is 23.4 Å². The van der Waals surface area contributed by atoms with Crippen molar-refractivity contribution in [2.75, 3.05) is 5.32 Å². The minimum Gasteiger partial charge on any atom is -0.345 e. The number of anilines is 1. The highest BCUT2D eigenvalue weighted by Crippen LogP contribution is 2.29. The standard InChI is InChI=1S/C19H25F2N5O2S/c1-11(2)8-13-4-5-14-16(29(22,28)25-13)10-26(3)17(14)19(27)24-12-6-7-23-15(9-12)18(20)21/h6-7,9-11,13,18H,4-5,8H2,1-3H3,(H2,22,25,28)(H,23,24,27)/t13-,29?/m1/s1. The number of halogens is 2. The number of aromatic nitrogens is 2. The molecule has 2 atom stereocenters. The molecule has 3 N–H and O–H groups in total. The van der Waals surface area contributed by atoms with Gasteiger partial charge in [0.2, 0.25) is 0 Å². The third-order valence-corrected chi connectivity index (χ3v) is 6.50. The summed E-state index contributed by atoms with van der Waals surface area (Å²) in [5.74, 6) is -0.123. The number of hydrogen-bond acceptors (Lipinski definition) is 4. The van der Waals surface area contributed by atoms with Gasteiger partial charge in [-0.2, -0.15) is 0 Å². The molecule has 29 heavy (non-hydrogen) atoms. The molecule has 0 aromatic carbocycles. The van der Waals surface area contributed by atoms with Crippen LogP contribution in [0.1, 0.15) is 54.9 Å². The van der Waals surface area contributed by atoms with Gasteiger partial charge in [-0.25, -0.2) is 22.5 Å². The lowest BCUT2D eigenvalue weighted by molar-refractivity contribution is 0.101. The Balaban J connectivity index is 1.92. The van der Waals surface area contributed by atoms with Crippen LogP contribution < -0.4 is 10.0 Å². The SMILES string of the molecule is CC(C)C[C@H]1CCc2c(cn(C)c2C(=O)Nc2ccnc(C(F)F)c2)S(=N)(=O)N1. The molecule has 10 heteroatoms. The molecule has 0 saturated heterocycles. The van der Waals surface area contributed by atoms with Crippen LogP contribution in [0.5, 0.6) is 0 Å². The van der Waals surface area contributed by atoms with Gasteiger partial charge in [-0.1, -0.05) is 13.8 Å². The molecule has 1 aliphatic heterocycles. The molecule has 0 radical (unpaired) electrons. The van der Waals surface area contributed by atoms with Crippen molar-refractivity contribution in [3.63, 3.8) is 0 Å². The number of nitrogens with zero attached hydrogens (tertiary/aromatic N) is 2. The Bertz CT molecular complexity index is 1020. The van der Waals surface area contributed by atoms with Crippen molar-refractivity contribution in [1.82, 2.24) is 14.3 Å². The summed E-state index contributed by atoms with van der Waals surface area (Å²) >= 11 is 0. The van der Waals surface area contributed by atoms with E-state index in [1.807, 2.05) is 0 Å². The van der Waals surface area contributed by atoms with Gasteiger partial charge in [0.05, 0.1) is 4.90 Å². The molecule has 1 unspecified atom stereocenters. The van der Waals surface area contributed by atoms with Crippen LogP contribution in [0, 0.1) is 10.7 Å². The Labute approximate surface area is 169 Å². The van der Waals surface area contributed by atoms with Crippen molar-refractivity contribution in [1.29, 1.82) is 4.78 Å². The van der Waals surface area contributed by atoms with Gasteiger partial charge in [-0.15, -0.1) is 0 Å². The predicted molar refractivity (Wildman–Crippen MR) is 106 cm³/mol. The van der Waals surface area contributed by atoms with E-state index in [1.165, 1.54) is 16.8 Å². The number of aryl methyl sites for hydroxylation is 1. The fraction of sp³-hybridized carbons (Fsp3) is 0.474. The number of carbonyl (C=O) groups is 1. The molecule has 1 aliphatic rings. The second kappa shape index (κ2) is 8.19. The van der Waals surface area contributed by atoms with Gasteiger partial charge in [-0.3, -0.25) is 9.78 Å². The first kappa shape index (κ1) is 21.4. The molecule has 2 aromatic rings. The van der Waals surface area contributed by atoms with E-state index < -0.39 is 27.9 Å². The Kier molecular flexibility index (Phi) is 6.04. The summed E-state index contributed by atoms with van der Waals surface area (Å²) in [6.07, 6.45) is 1.94. The van der Waals surface area contributed by atoms with Crippen LogP contribution in [0.25, 0.3) is 0 Å². The van der Waals surface area contributed by atoms with E-state index >= 15 is 0 Å². The normalized spacial score (nSPS) is 21.8. The summed E-state index contributed by atoms with van der Waals surface area (Å²) in [7, 11) is -1.62. The fourth-order valence-corrected chi connectivity index (χ4v) is 5.34. The van der Waals surface area contributed by atoms with Crippen molar-refractivity contribution in [2.45, 2.75) is 50.5 Å². The zero-order valence-corrected chi connectivity index (χ0v) is 17.4. The lowest BCUT2D eigenvalue weighted by Gasteiger charge is -2.19. The summed E-state index contributed by atoms with van der Waals surface area (Å²) in [6.45, 7) is 4.12. The quantitative estimate of drug-likeness (QED) is 0.678. The Morgan fingerprint density at radius 1 is 1.48 bits per heavy atom. The molecule has 0 saturated carbocycles. The Morgan fingerprint density at radius 2 is 2.21 bits per heavy atom. The van der Waals surface area contributed by atoms with Gasteiger partial charge in [0.25, 0.3) is 12.3 Å². The highest BCUT2D eigenvalue weighted by atomic mass is 32.2. The molecule has 3 heterocycles. The van der Waals surface area contributed by atoms with Gasteiger partial charge < -0.3 is 9.88 Å². The number of hydrogen-bond donors (Lipinski definition) is 3. The molecule has 0 bridgehead atoms. The highest BCUT2D eigenvalue weighted by Gasteiger charge is 2.31. The lowest BCUT2D eigenvalue weighted by atomic mass is 9.98. The van der Waals surface area contributed by atoms with Gasteiger partial charge in [0, 0.05) is 36.7 Å². The molecular formula is C19H25F2N5O2S. The first-order chi connectivity index (χ1) is 13.6. The van der Waals surface area contributed by atoms with Crippen molar-refractivity contribution < 1.29 is 17.8 Å². The van der Waals surface area contributed by atoms with Crippen molar-refractivity contribution in [3.05, 3.63) is 41.5 Å². The van der Waals surface area contributed by atoms with Gasteiger partial charge >= 0.3 is 0 Å². The van der Waals surface area contributed by atoms with E-state index in [0.29, 0.717) is 29.2 Å². The number of alkyl halides is 2. The maximum absolute atomic E-state index is 13.0. The van der Waals surface area contributed by atoms with Gasteiger partial charge in [0.1, 0.15) is 21.3 Å². The average Bonchev–Trinajstić information content (AvgIpc) is 2.91. The van der Waals surface area contributed by atoms with Crippen LogP contribution in [0.3, 0.4) is 0 Å². The molecule has 158 valence electrons. The Hall–Kier alpha value is -2.33. The third-order valence-electron chi connectivity index (χ3n) is 4.87.